The summed E-state index contributed by atoms with van der Waals surface area (Å²) in [5, 5.41) is 2.42. The van der Waals surface area contributed by atoms with Crippen molar-refractivity contribution in [2.45, 2.75) is 39.5 Å². The zero-order chi connectivity index (χ0) is 12.4. The molecule has 0 spiro atoms. The van der Waals surface area contributed by atoms with Crippen LogP contribution in [0.4, 0.5) is 4.79 Å². The highest BCUT2D eigenvalue weighted by atomic mass is 16.7. The van der Waals surface area contributed by atoms with Crippen LogP contribution < -0.4 is 0 Å². The lowest BCUT2D eigenvalue weighted by molar-refractivity contribution is -0.161. The molecule has 5 nitrogen and oxygen atoms in total. The predicted octanol–water partition coefficient (Wildman–Crippen LogP) is 2.43. The molecule has 0 aromatic carbocycles. The van der Waals surface area contributed by atoms with Crippen LogP contribution >= 0.6 is 0 Å². The summed E-state index contributed by atoms with van der Waals surface area (Å²) in [4.78, 5) is 22.1. The first-order valence-corrected chi connectivity index (χ1v) is 5.90. The van der Waals surface area contributed by atoms with Gasteiger partial charge in [-0.1, -0.05) is 26.7 Å². The summed E-state index contributed by atoms with van der Waals surface area (Å²) < 4.78 is 0. The van der Waals surface area contributed by atoms with E-state index in [0.717, 1.165) is 25.7 Å². The molecule has 0 heterocycles. The molecule has 0 rings (SSSR count). The van der Waals surface area contributed by atoms with Gasteiger partial charge in [0.2, 0.25) is 0 Å². The standard InChI is InChI=1S/C11H24N2O3/c1-5-7-9-15-12(3)11(14)13(4)16-10-8-6-2/h5-10H2,1-4H3. The van der Waals surface area contributed by atoms with Crippen LogP contribution in [-0.2, 0) is 9.68 Å². The van der Waals surface area contributed by atoms with E-state index in [2.05, 4.69) is 13.8 Å². The largest absolute Gasteiger partial charge is 0.367 e. The summed E-state index contributed by atoms with van der Waals surface area (Å²) in [5.74, 6) is 0. The summed E-state index contributed by atoms with van der Waals surface area (Å²) in [5.41, 5.74) is 0. The molecule has 0 saturated carbocycles. The minimum Gasteiger partial charge on any atom is -0.270 e. The number of amides is 2. The fourth-order valence-corrected chi connectivity index (χ4v) is 1.00. The fourth-order valence-electron chi connectivity index (χ4n) is 1.00. The molecule has 0 saturated heterocycles. The smallest absolute Gasteiger partial charge is 0.270 e. The van der Waals surface area contributed by atoms with Gasteiger partial charge in [-0.3, -0.25) is 9.68 Å². The van der Waals surface area contributed by atoms with E-state index in [1.807, 2.05) is 0 Å². The molecule has 0 aliphatic heterocycles. The number of nitrogens with zero attached hydrogens (tertiary/aromatic N) is 2. The van der Waals surface area contributed by atoms with Gasteiger partial charge in [0.15, 0.2) is 0 Å². The third-order valence-corrected chi connectivity index (χ3v) is 2.10. The summed E-state index contributed by atoms with van der Waals surface area (Å²) in [6.45, 7) is 5.26. The predicted molar refractivity (Wildman–Crippen MR) is 62.6 cm³/mol. The van der Waals surface area contributed by atoms with Crippen molar-refractivity contribution in [2.75, 3.05) is 27.3 Å². The van der Waals surface area contributed by atoms with E-state index < -0.39 is 0 Å². The second-order valence-corrected chi connectivity index (χ2v) is 3.65. The van der Waals surface area contributed by atoms with Crippen molar-refractivity contribution in [1.82, 2.24) is 10.1 Å². The van der Waals surface area contributed by atoms with E-state index in [1.165, 1.54) is 10.1 Å². The lowest BCUT2D eigenvalue weighted by atomic mass is 10.4. The van der Waals surface area contributed by atoms with Gasteiger partial charge < -0.3 is 0 Å². The van der Waals surface area contributed by atoms with Crippen LogP contribution in [0.2, 0.25) is 0 Å². The summed E-state index contributed by atoms with van der Waals surface area (Å²) in [6.07, 6.45) is 3.98. The molecule has 0 fully saturated rings. The van der Waals surface area contributed by atoms with Crippen LogP contribution in [0.25, 0.3) is 0 Å². The fraction of sp³-hybridized carbons (Fsp3) is 0.909. The number of hydrogen-bond donors (Lipinski definition) is 0. The number of rotatable bonds is 8. The highest BCUT2D eigenvalue weighted by molar-refractivity contribution is 5.71. The Morgan fingerprint density at radius 1 is 0.938 bits per heavy atom. The molecular formula is C11H24N2O3. The van der Waals surface area contributed by atoms with Crippen molar-refractivity contribution in [1.29, 1.82) is 0 Å². The molecule has 2 amide bonds. The van der Waals surface area contributed by atoms with Crippen LogP contribution in [0.3, 0.4) is 0 Å². The van der Waals surface area contributed by atoms with Crippen molar-refractivity contribution in [3.05, 3.63) is 0 Å². The molecule has 0 atom stereocenters. The summed E-state index contributed by atoms with van der Waals surface area (Å²) in [6, 6.07) is -0.285. The zero-order valence-electron chi connectivity index (χ0n) is 10.9. The zero-order valence-corrected chi connectivity index (χ0v) is 10.9. The molecule has 0 bridgehead atoms. The number of carbonyl (C=O) groups excluding carboxylic acids is 1. The number of unbranched alkanes of at least 4 members (excludes halogenated alkanes) is 2. The minimum absolute atomic E-state index is 0.285. The third-order valence-electron chi connectivity index (χ3n) is 2.10. The number of hydroxylamine groups is 4. The maximum atomic E-state index is 11.6. The molecule has 16 heavy (non-hydrogen) atoms. The van der Waals surface area contributed by atoms with Crippen molar-refractivity contribution in [3.8, 4) is 0 Å². The second-order valence-electron chi connectivity index (χ2n) is 3.65. The van der Waals surface area contributed by atoms with E-state index in [9.17, 15) is 4.79 Å². The average Bonchev–Trinajstić information content (AvgIpc) is 2.28. The molecule has 0 aliphatic rings. The monoisotopic (exact) mass is 232 g/mol. The molecule has 0 aromatic rings. The highest BCUT2D eigenvalue weighted by Crippen LogP contribution is 1.99. The van der Waals surface area contributed by atoms with Gasteiger partial charge in [0.1, 0.15) is 0 Å². The molecule has 0 unspecified atom stereocenters. The number of urea groups is 1. The third kappa shape index (κ3) is 6.63. The Morgan fingerprint density at radius 3 is 1.62 bits per heavy atom. The quantitative estimate of drug-likeness (QED) is 0.477. The van der Waals surface area contributed by atoms with Gasteiger partial charge in [0.25, 0.3) is 0 Å². The minimum atomic E-state index is -0.285. The Morgan fingerprint density at radius 2 is 1.31 bits per heavy atom. The maximum Gasteiger partial charge on any atom is 0.367 e. The molecule has 0 aromatic heterocycles. The highest BCUT2D eigenvalue weighted by Gasteiger charge is 2.15. The Bertz CT molecular complexity index is 170. The van der Waals surface area contributed by atoms with Crippen molar-refractivity contribution < 1.29 is 14.5 Å². The first-order valence-electron chi connectivity index (χ1n) is 5.90. The first-order chi connectivity index (χ1) is 7.63. The Balaban J connectivity index is 3.73. The van der Waals surface area contributed by atoms with Crippen molar-refractivity contribution in [2.24, 2.45) is 0 Å². The molecule has 96 valence electrons. The van der Waals surface area contributed by atoms with Gasteiger partial charge in [0.05, 0.1) is 13.2 Å². The molecule has 0 aliphatic carbocycles. The molecular weight excluding hydrogens is 208 g/mol. The lowest BCUT2D eigenvalue weighted by Gasteiger charge is -2.23. The van der Waals surface area contributed by atoms with E-state index in [0.29, 0.717) is 13.2 Å². The van der Waals surface area contributed by atoms with Gasteiger partial charge in [0, 0.05) is 14.1 Å². The van der Waals surface area contributed by atoms with Crippen LogP contribution in [0.15, 0.2) is 0 Å². The van der Waals surface area contributed by atoms with Crippen LogP contribution in [0.1, 0.15) is 39.5 Å². The number of carbonyl (C=O) groups is 1. The van der Waals surface area contributed by atoms with E-state index in [-0.39, 0.29) is 6.03 Å². The van der Waals surface area contributed by atoms with Gasteiger partial charge >= 0.3 is 6.03 Å². The van der Waals surface area contributed by atoms with Gasteiger partial charge in [-0.25, -0.2) is 14.9 Å². The average molecular weight is 232 g/mol. The Labute approximate surface area is 98.2 Å². The van der Waals surface area contributed by atoms with Gasteiger partial charge in [-0.2, -0.15) is 0 Å². The summed E-state index contributed by atoms with van der Waals surface area (Å²) >= 11 is 0. The van der Waals surface area contributed by atoms with Gasteiger partial charge in [-0.05, 0) is 12.8 Å². The van der Waals surface area contributed by atoms with Crippen LogP contribution in [0.5, 0.6) is 0 Å². The van der Waals surface area contributed by atoms with Crippen LogP contribution in [-0.4, -0.2) is 43.5 Å². The molecule has 0 radical (unpaired) electrons. The molecule has 5 heteroatoms. The van der Waals surface area contributed by atoms with Gasteiger partial charge in [-0.15, -0.1) is 0 Å². The second kappa shape index (κ2) is 9.42. The summed E-state index contributed by atoms with van der Waals surface area (Å²) in [7, 11) is 3.19. The van der Waals surface area contributed by atoms with E-state index in [1.54, 1.807) is 14.1 Å². The van der Waals surface area contributed by atoms with Crippen LogP contribution in [0, 0.1) is 0 Å². The lowest BCUT2D eigenvalue weighted by Crippen LogP contribution is -2.39. The van der Waals surface area contributed by atoms with E-state index in [4.69, 9.17) is 9.68 Å². The first kappa shape index (κ1) is 15.2. The molecule has 0 N–H and O–H groups in total. The maximum absolute atomic E-state index is 11.6. The van der Waals surface area contributed by atoms with Crippen molar-refractivity contribution in [3.63, 3.8) is 0 Å². The van der Waals surface area contributed by atoms with Crippen molar-refractivity contribution >= 4 is 6.03 Å². The Hall–Kier alpha value is -0.810. The van der Waals surface area contributed by atoms with E-state index >= 15 is 0 Å². The normalized spacial score (nSPS) is 10.2. The SMILES string of the molecule is CCCCON(C)C(=O)N(C)OCCCC. The topological polar surface area (TPSA) is 42.0 Å². The number of hydrogen-bond acceptors (Lipinski definition) is 3. The Kier molecular flexibility index (Phi) is 8.94.